The fourth-order valence-corrected chi connectivity index (χ4v) is 7.87. The molecule has 13 heteroatoms. The number of aldehydes is 1. The van der Waals surface area contributed by atoms with E-state index in [9.17, 15) is 9.59 Å². The molecule has 9 rings (SSSR count). The topological polar surface area (TPSA) is 137 Å². The number of esters is 1. The summed E-state index contributed by atoms with van der Waals surface area (Å²) < 4.78 is 18.0. The maximum absolute atomic E-state index is 12.9. The average Bonchev–Trinajstić information content (AvgIpc) is 3.86. The molecule has 3 aliphatic rings. The van der Waals surface area contributed by atoms with Crippen molar-refractivity contribution in [1.29, 1.82) is 0 Å². The summed E-state index contributed by atoms with van der Waals surface area (Å²) in [5, 5.41) is 7.82. The third kappa shape index (κ3) is 7.66. The van der Waals surface area contributed by atoms with Crippen molar-refractivity contribution in [3.05, 3.63) is 119 Å². The molecule has 0 atom stereocenters. The van der Waals surface area contributed by atoms with Crippen molar-refractivity contribution in [2.75, 3.05) is 94.6 Å². The van der Waals surface area contributed by atoms with Crippen LogP contribution in [0.2, 0.25) is 0 Å². The van der Waals surface area contributed by atoms with E-state index in [1.807, 2.05) is 93.7 Å². The Kier molecular flexibility index (Phi) is 11.2. The van der Waals surface area contributed by atoms with Gasteiger partial charge in [-0.15, -0.1) is 0 Å². The monoisotopic (exact) mass is 794 g/mol. The zero-order chi connectivity index (χ0) is 41.1. The number of fused-ring (bicyclic) bond motifs is 7. The molecule has 5 heterocycles. The molecule has 0 radical (unpaired) electrons. The highest BCUT2D eigenvalue weighted by atomic mass is 16.6. The quantitative estimate of drug-likeness (QED) is 0.0703. The molecule has 0 unspecified atom stereocenters. The number of morpholine rings is 1. The molecule has 4 aromatic carbocycles. The van der Waals surface area contributed by atoms with Crippen molar-refractivity contribution < 1.29 is 23.8 Å². The molecular formula is C46H50N8O5. The number of hydrogen-bond donors (Lipinski definition) is 3. The van der Waals surface area contributed by atoms with Gasteiger partial charge in [-0.2, -0.15) is 0 Å². The van der Waals surface area contributed by atoms with Crippen LogP contribution in [-0.2, 0) is 15.1 Å². The number of H-pyrrole nitrogens is 1. The van der Waals surface area contributed by atoms with Crippen LogP contribution in [0.5, 0.6) is 11.5 Å². The molecule has 3 N–H and O–H groups in total. The van der Waals surface area contributed by atoms with Gasteiger partial charge < -0.3 is 44.5 Å². The van der Waals surface area contributed by atoms with E-state index in [1.54, 1.807) is 18.2 Å². The lowest BCUT2D eigenvalue weighted by Crippen LogP contribution is -2.36. The molecule has 13 nitrogen and oxygen atoms in total. The first-order valence-electron chi connectivity index (χ1n) is 20.0. The number of anilines is 4. The summed E-state index contributed by atoms with van der Waals surface area (Å²) in [4.78, 5) is 43.7. The van der Waals surface area contributed by atoms with Gasteiger partial charge in [-0.05, 0) is 75.0 Å². The van der Waals surface area contributed by atoms with Crippen molar-refractivity contribution >= 4 is 46.2 Å². The van der Waals surface area contributed by atoms with E-state index < -0.39 is 11.6 Å². The van der Waals surface area contributed by atoms with E-state index in [0.717, 1.165) is 115 Å². The molecule has 6 aromatic rings. The van der Waals surface area contributed by atoms with Gasteiger partial charge in [0.05, 0.1) is 18.8 Å². The van der Waals surface area contributed by atoms with Crippen LogP contribution in [0.25, 0.3) is 22.3 Å². The number of nitrogens with zero attached hydrogens (tertiary/aromatic N) is 5. The number of benzene rings is 4. The molecule has 1 fully saturated rings. The highest BCUT2D eigenvalue weighted by Gasteiger charge is 2.53. The second-order valence-electron chi connectivity index (χ2n) is 15.3. The molecule has 0 saturated carbocycles. The minimum atomic E-state index is -1.18. The van der Waals surface area contributed by atoms with Gasteiger partial charge in [-0.3, -0.25) is 4.79 Å². The second-order valence-corrected chi connectivity index (χ2v) is 15.3. The number of carbonyl (C=O) groups excluding carboxylic acids is 2. The van der Waals surface area contributed by atoms with Crippen LogP contribution >= 0.6 is 0 Å². The SMILES string of the molecule is CN(C)c1ccc2c(c1)Oc1cc(N(C)C)ccc1C21OC(=O)c2ccc(C=O)cc21.CNCCCCNc1cc(N2CCOCC2)nc(-c2cccc3[nH]ccc23)n1. The van der Waals surface area contributed by atoms with E-state index in [-0.39, 0.29) is 0 Å². The Bertz CT molecular complexity index is 2430. The van der Waals surface area contributed by atoms with Gasteiger partial charge in [0.15, 0.2) is 11.4 Å². The van der Waals surface area contributed by atoms with Crippen LogP contribution in [0.1, 0.15) is 50.2 Å². The third-order valence-corrected chi connectivity index (χ3v) is 11.0. The Hall–Kier alpha value is -6.44. The van der Waals surface area contributed by atoms with Crippen molar-refractivity contribution in [1.82, 2.24) is 20.3 Å². The van der Waals surface area contributed by atoms with Crippen LogP contribution in [0, 0.1) is 0 Å². The number of carbonyl (C=O) groups is 2. The van der Waals surface area contributed by atoms with Gasteiger partial charge in [0.2, 0.25) is 0 Å². The molecule has 59 heavy (non-hydrogen) atoms. The maximum atomic E-state index is 12.9. The van der Waals surface area contributed by atoms with E-state index in [1.165, 1.54) is 0 Å². The zero-order valence-electron chi connectivity index (χ0n) is 34.2. The predicted molar refractivity (Wildman–Crippen MR) is 233 cm³/mol. The van der Waals surface area contributed by atoms with E-state index in [2.05, 4.69) is 44.8 Å². The Morgan fingerprint density at radius 1 is 0.814 bits per heavy atom. The summed E-state index contributed by atoms with van der Waals surface area (Å²) in [5.74, 6) is 3.41. The Labute approximate surface area is 344 Å². The number of nitrogens with one attached hydrogen (secondary N) is 3. The third-order valence-electron chi connectivity index (χ3n) is 11.0. The zero-order valence-corrected chi connectivity index (χ0v) is 34.2. The van der Waals surface area contributed by atoms with Crippen molar-refractivity contribution in [2.45, 2.75) is 18.4 Å². The number of aromatic amines is 1. The Balaban J connectivity index is 0.000000165. The standard InChI is InChI=1S/C25H22N2O4.C21H28N6O/c1-26(2)16-6-9-19-22(12-16)30-23-13-17(27(3)4)7-10-20(23)25(19)21-11-15(14-28)5-8-18(21)24(29)31-25;1-22-8-2-3-9-24-19-15-20(27-11-13-28-14-12-27)26-21(25-19)17-5-4-6-18-16(17)7-10-23-18/h5-14H,1-4H3;4-7,10,15,22-23H,2-3,8-9,11-14H2,1H3,(H,24,25,26). The van der Waals surface area contributed by atoms with Crippen LogP contribution in [0.3, 0.4) is 0 Å². The molecule has 0 bridgehead atoms. The summed E-state index contributed by atoms with van der Waals surface area (Å²) in [5.41, 5.74) is 5.97. The summed E-state index contributed by atoms with van der Waals surface area (Å²) >= 11 is 0. The lowest BCUT2D eigenvalue weighted by molar-refractivity contribution is 0.0224. The van der Waals surface area contributed by atoms with Gasteiger partial charge in [-0.25, -0.2) is 14.8 Å². The van der Waals surface area contributed by atoms with Gasteiger partial charge in [0.25, 0.3) is 0 Å². The first-order valence-corrected chi connectivity index (χ1v) is 20.0. The molecule has 0 amide bonds. The van der Waals surface area contributed by atoms with Crippen LogP contribution < -0.4 is 30.1 Å². The largest absolute Gasteiger partial charge is 0.456 e. The summed E-state index contributed by atoms with van der Waals surface area (Å²) in [7, 11) is 9.82. The van der Waals surface area contributed by atoms with Gasteiger partial charge >= 0.3 is 5.97 Å². The summed E-state index contributed by atoms with van der Waals surface area (Å²) in [6.45, 7) is 5.11. The fourth-order valence-electron chi connectivity index (χ4n) is 7.87. The summed E-state index contributed by atoms with van der Waals surface area (Å²) in [6, 6.07) is 27.1. The number of aromatic nitrogens is 3. The number of hydrogen-bond acceptors (Lipinski definition) is 12. The predicted octanol–water partition coefficient (Wildman–Crippen LogP) is 7.07. The van der Waals surface area contributed by atoms with Crippen molar-refractivity contribution in [3.63, 3.8) is 0 Å². The van der Waals surface area contributed by atoms with Crippen LogP contribution in [0.15, 0.2) is 91.1 Å². The van der Waals surface area contributed by atoms with Crippen LogP contribution in [0.4, 0.5) is 23.0 Å². The molecule has 304 valence electrons. The maximum Gasteiger partial charge on any atom is 0.340 e. The summed E-state index contributed by atoms with van der Waals surface area (Å²) in [6.07, 6.45) is 4.98. The highest BCUT2D eigenvalue weighted by Crippen LogP contribution is 2.57. The van der Waals surface area contributed by atoms with Crippen LogP contribution in [-0.4, -0.2) is 102 Å². The molecule has 3 aliphatic heterocycles. The minimum absolute atomic E-state index is 0.417. The van der Waals surface area contributed by atoms with Gasteiger partial charge in [-0.1, -0.05) is 18.2 Å². The number of ether oxygens (including phenoxy) is 3. The average molecular weight is 795 g/mol. The highest BCUT2D eigenvalue weighted by molar-refractivity contribution is 5.98. The minimum Gasteiger partial charge on any atom is -0.456 e. The molecule has 2 aromatic heterocycles. The van der Waals surface area contributed by atoms with E-state index in [0.29, 0.717) is 28.2 Å². The normalized spacial score (nSPS) is 14.7. The first-order chi connectivity index (χ1) is 28.7. The fraction of sp³-hybridized carbons (Fsp3) is 0.304. The van der Waals surface area contributed by atoms with E-state index in [4.69, 9.17) is 24.2 Å². The van der Waals surface area contributed by atoms with Crippen molar-refractivity contribution in [3.8, 4) is 22.9 Å². The Morgan fingerprint density at radius 2 is 1.53 bits per heavy atom. The molecule has 0 aliphatic carbocycles. The van der Waals surface area contributed by atoms with Gasteiger partial charge in [0.1, 0.15) is 29.4 Å². The Morgan fingerprint density at radius 3 is 2.20 bits per heavy atom. The lowest BCUT2D eigenvalue weighted by atomic mass is 9.77. The second kappa shape index (κ2) is 16.8. The lowest BCUT2D eigenvalue weighted by Gasteiger charge is -2.37. The number of unbranched alkanes of at least 4 members (excludes halogenated alkanes) is 1. The smallest absolute Gasteiger partial charge is 0.340 e. The van der Waals surface area contributed by atoms with E-state index >= 15 is 0 Å². The van der Waals surface area contributed by atoms with Crippen molar-refractivity contribution in [2.24, 2.45) is 0 Å². The molecule has 1 saturated heterocycles. The number of rotatable bonds is 11. The first kappa shape index (κ1) is 39.4. The molecule has 1 spiro atoms. The van der Waals surface area contributed by atoms with Gasteiger partial charge in [0, 0.05) is 122 Å². The molecular weight excluding hydrogens is 745 g/mol.